The van der Waals surface area contributed by atoms with E-state index in [4.69, 9.17) is 5.11 Å². The van der Waals surface area contributed by atoms with Crippen LogP contribution in [0.1, 0.15) is 21.5 Å². The number of sulfonamides is 1. The largest absolute Gasteiger partial charge is 0.477 e. The van der Waals surface area contributed by atoms with E-state index < -0.39 is 16.0 Å². The molecule has 0 saturated carbocycles. The Bertz CT molecular complexity index is 564. The second-order valence-corrected chi connectivity index (χ2v) is 8.29. The highest BCUT2D eigenvalue weighted by Gasteiger charge is 2.29. The predicted octanol–water partition coefficient (Wildman–Crippen LogP) is 2.13. The Morgan fingerprint density at radius 1 is 1.58 bits per heavy atom. The van der Waals surface area contributed by atoms with Gasteiger partial charge in [0.2, 0.25) is 10.0 Å². The number of nitrogens with zero attached hydrogens (tertiary/aromatic N) is 1. The van der Waals surface area contributed by atoms with Gasteiger partial charge in [-0.25, -0.2) is 13.2 Å². The molecule has 8 heteroatoms. The highest BCUT2D eigenvalue weighted by Crippen LogP contribution is 2.28. The lowest BCUT2D eigenvalue weighted by atomic mass is 10.4. The molecule has 19 heavy (non-hydrogen) atoms. The molecule has 0 radical (unpaired) electrons. The third kappa shape index (κ3) is 3.50. The van der Waals surface area contributed by atoms with Crippen LogP contribution in [0.4, 0.5) is 0 Å². The van der Waals surface area contributed by atoms with E-state index in [2.05, 4.69) is 0 Å². The molecule has 0 aliphatic heterocycles. The Balaban J connectivity index is 3.16. The summed E-state index contributed by atoms with van der Waals surface area (Å²) in [4.78, 5) is 11.5. The van der Waals surface area contributed by atoms with Gasteiger partial charge in [0.15, 0.2) is 0 Å². The fourth-order valence-corrected chi connectivity index (χ4v) is 5.12. The van der Waals surface area contributed by atoms with Crippen LogP contribution in [0.25, 0.3) is 0 Å². The maximum absolute atomic E-state index is 12.4. The van der Waals surface area contributed by atoms with Crippen molar-refractivity contribution in [2.75, 3.05) is 19.1 Å². The SMILES string of the molecule is CSCC(C)N(C)S(=O)(=O)c1cc(C(=O)O)sc1C. The molecule has 1 aromatic rings. The van der Waals surface area contributed by atoms with E-state index in [9.17, 15) is 13.2 Å². The van der Waals surface area contributed by atoms with Crippen molar-refractivity contribution in [3.63, 3.8) is 0 Å². The molecule has 1 aromatic heterocycles. The summed E-state index contributed by atoms with van der Waals surface area (Å²) >= 11 is 2.55. The van der Waals surface area contributed by atoms with E-state index in [1.807, 2.05) is 13.2 Å². The third-order valence-corrected chi connectivity index (χ3v) is 6.85. The summed E-state index contributed by atoms with van der Waals surface area (Å²) in [5.41, 5.74) is 0. The second kappa shape index (κ2) is 6.25. The number of carboxylic acid groups (broad SMARTS) is 1. The van der Waals surface area contributed by atoms with Crippen molar-refractivity contribution < 1.29 is 18.3 Å². The Morgan fingerprint density at radius 3 is 2.58 bits per heavy atom. The molecule has 1 unspecified atom stereocenters. The standard InChI is InChI=1S/C11H17NO4S3/c1-7(6-17-4)12(3)19(15,16)10-5-9(11(13)14)18-8(10)2/h5,7H,6H2,1-4H3,(H,13,14). The summed E-state index contributed by atoms with van der Waals surface area (Å²) in [6.45, 7) is 3.45. The van der Waals surface area contributed by atoms with Crippen molar-refractivity contribution in [2.24, 2.45) is 0 Å². The van der Waals surface area contributed by atoms with E-state index in [-0.39, 0.29) is 15.8 Å². The molecule has 1 atom stereocenters. The molecule has 0 aliphatic rings. The second-order valence-electron chi connectivity index (χ2n) is 4.16. The summed E-state index contributed by atoms with van der Waals surface area (Å²) in [5.74, 6) is -0.417. The first-order valence-electron chi connectivity index (χ1n) is 5.52. The minimum Gasteiger partial charge on any atom is -0.477 e. The van der Waals surface area contributed by atoms with Gasteiger partial charge in [-0.05, 0) is 26.2 Å². The van der Waals surface area contributed by atoms with Gasteiger partial charge in [0.05, 0.1) is 4.90 Å². The van der Waals surface area contributed by atoms with E-state index in [1.54, 1.807) is 18.7 Å². The lowest BCUT2D eigenvalue weighted by Crippen LogP contribution is -2.36. The molecule has 108 valence electrons. The number of thioether (sulfide) groups is 1. The van der Waals surface area contributed by atoms with Crippen molar-refractivity contribution in [2.45, 2.75) is 24.8 Å². The lowest BCUT2D eigenvalue weighted by molar-refractivity contribution is 0.0702. The lowest BCUT2D eigenvalue weighted by Gasteiger charge is -2.23. The molecule has 0 bridgehead atoms. The number of aryl methyl sites for hydroxylation is 1. The summed E-state index contributed by atoms with van der Waals surface area (Å²) in [6, 6.07) is 1.09. The van der Waals surface area contributed by atoms with Crippen LogP contribution in [0.15, 0.2) is 11.0 Å². The van der Waals surface area contributed by atoms with Crippen LogP contribution in [0.2, 0.25) is 0 Å². The molecule has 0 fully saturated rings. The van der Waals surface area contributed by atoms with Gasteiger partial charge in [-0.3, -0.25) is 0 Å². The number of rotatable bonds is 6. The van der Waals surface area contributed by atoms with Crippen molar-refractivity contribution in [1.29, 1.82) is 0 Å². The minimum atomic E-state index is -3.64. The van der Waals surface area contributed by atoms with Crippen LogP contribution >= 0.6 is 23.1 Å². The Hall–Kier alpha value is -0.570. The van der Waals surface area contributed by atoms with E-state index in [0.29, 0.717) is 10.6 Å². The van der Waals surface area contributed by atoms with E-state index >= 15 is 0 Å². The fourth-order valence-electron chi connectivity index (χ4n) is 1.57. The fraction of sp³-hybridized carbons (Fsp3) is 0.545. The topological polar surface area (TPSA) is 74.7 Å². The van der Waals surface area contributed by atoms with Gasteiger partial charge in [-0.15, -0.1) is 11.3 Å². The molecular formula is C11H17NO4S3. The highest BCUT2D eigenvalue weighted by molar-refractivity contribution is 7.98. The molecule has 0 aromatic carbocycles. The molecule has 0 saturated heterocycles. The first kappa shape index (κ1) is 16.5. The Kier molecular flexibility index (Phi) is 5.43. The van der Waals surface area contributed by atoms with E-state index in [1.165, 1.54) is 17.4 Å². The van der Waals surface area contributed by atoms with Crippen LogP contribution in [0, 0.1) is 6.92 Å². The van der Waals surface area contributed by atoms with Gasteiger partial charge in [0, 0.05) is 23.7 Å². The Morgan fingerprint density at radius 2 is 2.16 bits per heavy atom. The zero-order chi connectivity index (χ0) is 14.8. The maximum Gasteiger partial charge on any atom is 0.345 e. The van der Waals surface area contributed by atoms with Crippen molar-refractivity contribution >= 4 is 39.1 Å². The number of hydrogen-bond acceptors (Lipinski definition) is 5. The predicted molar refractivity (Wildman–Crippen MR) is 78.8 cm³/mol. The number of carboxylic acids is 1. The van der Waals surface area contributed by atoms with Crippen LogP contribution in [0.3, 0.4) is 0 Å². The molecule has 1 rings (SSSR count). The van der Waals surface area contributed by atoms with Gasteiger partial charge in [0.1, 0.15) is 4.88 Å². The van der Waals surface area contributed by atoms with Gasteiger partial charge in [-0.1, -0.05) is 0 Å². The molecular weight excluding hydrogens is 306 g/mol. The van der Waals surface area contributed by atoms with Crippen LogP contribution < -0.4 is 0 Å². The first-order chi connectivity index (χ1) is 8.71. The minimum absolute atomic E-state index is 0.0435. The monoisotopic (exact) mass is 323 g/mol. The third-order valence-electron chi connectivity index (χ3n) is 2.77. The number of hydrogen-bond donors (Lipinski definition) is 1. The molecule has 1 heterocycles. The highest BCUT2D eigenvalue weighted by atomic mass is 32.2. The summed E-state index contributed by atoms with van der Waals surface area (Å²) < 4.78 is 26.2. The summed E-state index contributed by atoms with van der Waals surface area (Å²) in [6.07, 6.45) is 1.91. The smallest absolute Gasteiger partial charge is 0.345 e. The van der Waals surface area contributed by atoms with Crippen molar-refractivity contribution in [1.82, 2.24) is 4.31 Å². The van der Waals surface area contributed by atoms with Gasteiger partial charge < -0.3 is 5.11 Å². The zero-order valence-corrected chi connectivity index (χ0v) is 13.7. The number of thiophene rings is 1. The normalized spacial score (nSPS) is 13.7. The average Bonchev–Trinajstić information content (AvgIpc) is 2.71. The number of aromatic carboxylic acids is 1. The summed E-state index contributed by atoms with van der Waals surface area (Å²) in [7, 11) is -2.12. The number of carbonyl (C=O) groups is 1. The molecule has 0 aliphatic carbocycles. The quantitative estimate of drug-likeness (QED) is 0.868. The van der Waals surface area contributed by atoms with Crippen LogP contribution in [0.5, 0.6) is 0 Å². The first-order valence-corrected chi connectivity index (χ1v) is 9.17. The molecule has 1 N–H and O–H groups in total. The zero-order valence-electron chi connectivity index (χ0n) is 11.2. The molecule has 0 spiro atoms. The summed E-state index contributed by atoms with van der Waals surface area (Å²) in [5, 5.41) is 8.92. The molecule has 0 amide bonds. The van der Waals surface area contributed by atoms with Crippen molar-refractivity contribution in [3.05, 3.63) is 15.8 Å². The average molecular weight is 323 g/mol. The van der Waals surface area contributed by atoms with E-state index in [0.717, 1.165) is 11.3 Å². The Labute approximate surface area is 121 Å². The molecule has 5 nitrogen and oxygen atoms in total. The van der Waals surface area contributed by atoms with Crippen molar-refractivity contribution in [3.8, 4) is 0 Å². The van der Waals surface area contributed by atoms with Gasteiger partial charge >= 0.3 is 5.97 Å². The maximum atomic E-state index is 12.4. The van der Waals surface area contributed by atoms with Gasteiger partial charge in [0.25, 0.3) is 0 Å². The van der Waals surface area contributed by atoms with Gasteiger partial charge in [-0.2, -0.15) is 16.1 Å². The van der Waals surface area contributed by atoms with Crippen LogP contribution in [-0.2, 0) is 10.0 Å². The van der Waals surface area contributed by atoms with Crippen LogP contribution in [-0.4, -0.2) is 48.9 Å².